The molecule has 0 unspecified atom stereocenters. The van der Waals surface area contributed by atoms with Crippen molar-refractivity contribution in [2.24, 2.45) is 0 Å². The molecule has 0 spiro atoms. The van der Waals surface area contributed by atoms with E-state index in [1.54, 1.807) is 25.4 Å². The van der Waals surface area contributed by atoms with Crippen LogP contribution >= 0.6 is 11.3 Å². The molecule has 1 saturated heterocycles. The summed E-state index contributed by atoms with van der Waals surface area (Å²) < 4.78 is 28.5. The van der Waals surface area contributed by atoms with Gasteiger partial charge in [0.15, 0.2) is 15.8 Å². The molecule has 0 saturated carbocycles. The van der Waals surface area contributed by atoms with Gasteiger partial charge >= 0.3 is 0 Å². The van der Waals surface area contributed by atoms with Crippen LogP contribution in [-0.4, -0.2) is 46.6 Å². The SMILES string of the molecule is CC1(C)C(=O)NCCN1S(=O)(=O)c1c(N)nc2sccn12. The lowest BCUT2D eigenvalue weighted by atomic mass is 10.0. The molecular formula is C11H15N5O3S2. The van der Waals surface area contributed by atoms with Crippen molar-refractivity contribution >= 4 is 38.0 Å². The summed E-state index contributed by atoms with van der Waals surface area (Å²) in [4.78, 5) is 16.5. The van der Waals surface area contributed by atoms with Crippen molar-refractivity contribution in [3.05, 3.63) is 11.6 Å². The maximum atomic E-state index is 13.0. The van der Waals surface area contributed by atoms with Crippen molar-refractivity contribution in [3.63, 3.8) is 0 Å². The second kappa shape index (κ2) is 4.42. The van der Waals surface area contributed by atoms with Gasteiger partial charge in [-0.05, 0) is 13.8 Å². The van der Waals surface area contributed by atoms with E-state index in [1.807, 2.05) is 0 Å². The van der Waals surface area contributed by atoms with E-state index in [9.17, 15) is 13.2 Å². The van der Waals surface area contributed by atoms with Gasteiger partial charge in [0, 0.05) is 24.7 Å². The van der Waals surface area contributed by atoms with Gasteiger partial charge in [0.2, 0.25) is 5.91 Å². The number of carbonyl (C=O) groups excluding carboxylic acids is 1. The number of anilines is 1. The minimum atomic E-state index is -3.93. The number of hydrogen-bond acceptors (Lipinski definition) is 6. The van der Waals surface area contributed by atoms with Gasteiger partial charge < -0.3 is 11.1 Å². The predicted octanol–water partition coefficient (Wildman–Crippen LogP) is -0.123. The van der Waals surface area contributed by atoms with E-state index >= 15 is 0 Å². The van der Waals surface area contributed by atoms with Gasteiger partial charge in [0.25, 0.3) is 10.0 Å². The summed E-state index contributed by atoms with van der Waals surface area (Å²) in [5, 5.41) is 4.32. The second-order valence-corrected chi connectivity index (χ2v) is 7.90. The average Bonchev–Trinajstić information content (AvgIpc) is 2.91. The van der Waals surface area contributed by atoms with Crippen molar-refractivity contribution in [2.45, 2.75) is 24.4 Å². The fourth-order valence-corrected chi connectivity index (χ4v) is 5.15. The van der Waals surface area contributed by atoms with Crippen molar-refractivity contribution < 1.29 is 13.2 Å². The standard InChI is InChI=1S/C11H15N5O3S2/c1-11(2)9(17)13-3-4-16(11)21(18,19)8-7(12)14-10-15(8)5-6-20-10/h5-6H,3-4,12H2,1-2H3,(H,13,17). The first-order chi connectivity index (χ1) is 9.76. The number of nitrogens with one attached hydrogen (secondary N) is 1. The number of nitrogens with two attached hydrogens (primary N) is 1. The summed E-state index contributed by atoms with van der Waals surface area (Å²) in [6.07, 6.45) is 1.60. The molecule has 10 heteroatoms. The van der Waals surface area contributed by atoms with Crippen LogP contribution in [-0.2, 0) is 14.8 Å². The fraction of sp³-hybridized carbons (Fsp3) is 0.455. The molecule has 1 aliphatic heterocycles. The van der Waals surface area contributed by atoms with Crippen LogP contribution in [0.25, 0.3) is 4.96 Å². The molecule has 3 heterocycles. The van der Waals surface area contributed by atoms with Gasteiger partial charge in [-0.2, -0.15) is 4.31 Å². The van der Waals surface area contributed by atoms with Crippen molar-refractivity contribution in [2.75, 3.05) is 18.8 Å². The highest BCUT2D eigenvalue weighted by molar-refractivity contribution is 7.89. The first kappa shape index (κ1) is 14.3. The highest BCUT2D eigenvalue weighted by atomic mass is 32.2. The van der Waals surface area contributed by atoms with E-state index < -0.39 is 15.6 Å². The quantitative estimate of drug-likeness (QED) is 0.798. The molecule has 0 aromatic carbocycles. The minimum Gasteiger partial charge on any atom is -0.381 e. The van der Waals surface area contributed by atoms with Crippen LogP contribution in [0.5, 0.6) is 0 Å². The molecule has 0 radical (unpaired) electrons. The Morgan fingerprint density at radius 2 is 2.19 bits per heavy atom. The van der Waals surface area contributed by atoms with E-state index in [0.717, 1.165) is 0 Å². The van der Waals surface area contributed by atoms with Crippen LogP contribution in [0.15, 0.2) is 16.6 Å². The van der Waals surface area contributed by atoms with Crippen molar-refractivity contribution in [1.29, 1.82) is 0 Å². The fourth-order valence-electron chi connectivity index (χ4n) is 2.44. The van der Waals surface area contributed by atoms with E-state index in [1.165, 1.54) is 20.0 Å². The first-order valence-corrected chi connectivity index (χ1v) is 8.60. The van der Waals surface area contributed by atoms with E-state index in [2.05, 4.69) is 10.3 Å². The largest absolute Gasteiger partial charge is 0.381 e. The normalized spacial score (nSPS) is 19.8. The smallest absolute Gasteiger partial charge is 0.263 e. The number of imidazole rings is 1. The van der Waals surface area contributed by atoms with Crippen LogP contribution in [0, 0.1) is 0 Å². The maximum absolute atomic E-state index is 13.0. The molecule has 3 N–H and O–H groups in total. The highest BCUT2D eigenvalue weighted by Gasteiger charge is 2.46. The monoisotopic (exact) mass is 329 g/mol. The maximum Gasteiger partial charge on any atom is 0.263 e. The van der Waals surface area contributed by atoms with Gasteiger partial charge in [-0.15, -0.1) is 11.3 Å². The molecule has 21 heavy (non-hydrogen) atoms. The first-order valence-electron chi connectivity index (χ1n) is 6.28. The molecule has 1 aliphatic rings. The minimum absolute atomic E-state index is 0.0522. The van der Waals surface area contributed by atoms with Gasteiger partial charge in [-0.1, -0.05) is 0 Å². The Hall–Kier alpha value is -1.65. The van der Waals surface area contributed by atoms with Crippen molar-refractivity contribution in [1.82, 2.24) is 19.0 Å². The lowest BCUT2D eigenvalue weighted by Crippen LogP contribution is -2.63. The van der Waals surface area contributed by atoms with Crippen LogP contribution < -0.4 is 11.1 Å². The molecule has 3 rings (SSSR count). The number of carbonyl (C=O) groups is 1. The Labute approximate surface area is 125 Å². The summed E-state index contributed by atoms with van der Waals surface area (Å²) in [7, 11) is -3.93. The number of nitrogen functional groups attached to an aromatic ring is 1. The third-order valence-electron chi connectivity index (χ3n) is 3.56. The summed E-state index contributed by atoms with van der Waals surface area (Å²) in [5.41, 5.74) is 4.61. The van der Waals surface area contributed by atoms with Gasteiger partial charge in [-0.25, -0.2) is 13.4 Å². The summed E-state index contributed by atoms with van der Waals surface area (Å²) in [6, 6.07) is 0. The van der Waals surface area contributed by atoms with E-state index in [-0.39, 0.29) is 29.8 Å². The molecule has 1 amide bonds. The number of fused-ring (bicyclic) bond motifs is 1. The number of piperazine rings is 1. The van der Waals surface area contributed by atoms with Crippen LogP contribution in [0.3, 0.4) is 0 Å². The number of hydrogen-bond donors (Lipinski definition) is 2. The Morgan fingerprint density at radius 1 is 1.48 bits per heavy atom. The third-order valence-corrected chi connectivity index (χ3v) is 6.43. The zero-order chi connectivity index (χ0) is 15.4. The lowest BCUT2D eigenvalue weighted by Gasteiger charge is -2.39. The Kier molecular flexibility index (Phi) is 3.01. The molecular weight excluding hydrogens is 314 g/mol. The summed E-state index contributed by atoms with van der Waals surface area (Å²) in [6.45, 7) is 3.60. The zero-order valence-electron chi connectivity index (χ0n) is 11.5. The van der Waals surface area contributed by atoms with Gasteiger partial charge in [0.1, 0.15) is 5.54 Å². The number of aromatic nitrogens is 2. The summed E-state index contributed by atoms with van der Waals surface area (Å²) >= 11 is 1.30. The summed E-state index contributed by atoms with van der Waals surface area (Å²) in [5.74, 6) is -0.384. The Bertz CT molecular complexity index is 820. The van der Waals surface area contributed by atoms with E-state index in [4.69, 9.17) is 5.73 Å². The highest BCUT2D eigenvalue weighted by Crippen LogP contribution is 2.31. The second-order valence-electron chi connectivity index (χ2n) is 5.25. The van der Waals surface area contributed by atoms with Crippen LogP contribution in [0.4, 0.5) is 5.82 Å². The molecule has 0 bridgehead atoms. The molecule has 8 nitrogen and oxygen atoms in total. The third kappa shape index (κ3) is 1.93. The molecule has 2 aromatic rings. The number of rotatable bonds is 2. The van der Waals surface area contributed by atoms with Crippen molar-refractivity contribution in [3.8, 4) is 0 Å². The molecule has 2 aromatic heterocycles. The van der Waals surface area contributed by atoms with Crippen LogP contribution in [0.2, 0.25) is 0 Å². The number of thiazole rings is 1. The molecule has 1 fully saturated rings. The Balaban J connectivity index is 2.18. The average molecular weight is 329 g/mol. The van der Waals surface area contributed by atoms with Crippen LogP contribution in [0.1, 0.15) is 13.8 Å². The topological polar surface area (TPSA) is 110 Å². The lowest BCUT2D eigenvalue weighted by molar-refractivity contribution is -0.131. The predicted molar refractivity (Wildman–Crippen MR) is 78.5 cm³/mol. The number of nitrogens with zero attached hydrogens (tertiary/aromatic N) is 3. The molecule has 114 valence electrons. The number of amides is 1. The van der Waals surface area contributed by atoms with Gasteiger partial charge in [-0.3, -0.25) is 9.20 Å². The molecule has 0 aliphatic carbocycles. The van der Waals surface area contributed by atoms with Gasteiger partial charge in [0.05, 0.1) is 0 Å². The number of sulfonamides is 1. The van der Waals surface area contributed by atoms with E-state index in [0.29, 0.717) is 4.96 Å². The molecule has 0 atom stereocenters. The Morgan fingerprint density at radius 3 is 2.90 bits per heavy atom. The zero-order valence-corrected chi connectivity index (χ0v) is 13.2.